The van der Waals surface area contributed by atoms with Crippen LogP contribution < -0.4 is 5.32 Å². The van der Waals surface area contributed by atoms with E-state index in [0.717, 1.165) is 40.0 Å². The highest BCUT2D eigenvalue weighted by Gasteiger charge is 2.22. The molecule has 0 aromatic carbocycles. The molecule has 0 saturated carbocycles. The van der Waals surface area contributed by atoms with Crippen molar-refractivity contribution in [3.05, 3.63) is 16.4 Å². The fourth-order valence-corrected chi connectivity index (χ4v) is 2.69. The number of hydrogen-bond donors (Lipinski definition) is 1. The highest BCUT2D eigenvalue weighted by atomic mass is 79.9. The number of aryl methyl sites for hydroxylation is 1. The van der Waals surface area contributed by atoms with E-state index >= 15 is 0 Å². The molecule has 16 heavy (non-hydrogen) atoms. The zero-order valence-corrected chi connectivity index (χ0v) is 10.9. The predicted molar refractivity (Wildman–Crippen MR) is 67.7 cm³/mol. The van der Waals surface area contributed by atoms with Crippen LogP contribution in [-0.2, 0) is 6.54 Å². The maximum Gasteiger partial charge on any atom is 0.154 e. The molecule has 2 aromatic heterocycles. The van der Waals surface area contributed by atoms with Gasteiger partial charge in [0.2, 0.25) is 0 Å². The molecule has 0 spiro atoms. The van der Waals surface area contributed by atoms with Crippen molar-refractivity contribution in [1.29, 1.82) is 0 Å². The second kappa shape index (κ2) is 3.45. The summed E-state index contributed by atoms with van der Waals surface area (Å²) in [7, 11) is 0. The molecular weight excluding hydrogens is 268 g/mol. The number of aromatic nitrogens is 3. The van der Waals surface area contributed by atoms with Crippen LogP contribution in [0.3, 0.4) is 0 Å². The first-order valence-corrected chi connectivity index (χ1v) is 6.28. The lowest BCUT2D eigenvalue weighted by Crippen LogP contribution is -2.29. The normalized spacial score (nSPS) is 18.8. The van der Waals surface area contributed by atoms with Gasteiger partial charge in [-0.15, -0.1) is 0 Å². The molecule has 3 rings (SSSR count). The monoisotopic (exact) mass is 280 g/mol. The molecular formula is C11H13BrN4. The van der Waals surface area contributed by atoms with E-state index in [9.17, 15) is 0 Å². The Labute approximate surface area is 102 Å². The van der Waals surface area contributed by atoms with Crippen molar-refractivity contribution in [2.75, 3.05) is 5.32 Å². The lowest BCUT2D eigenvalue weighted by molar-refractivity contribution is 0.524. The average molecular weight is 281 g/mol. The smallest absolute Gasteiger partial charge is 0.154 e. The molecule has 1 N–H and O–H groups in total. The largest absolute Gasteiger partial charge is 0.379 e. The van der Waals surface area contributed by atoms with Crippen LogP contribution in [0.15, 0.2) is 10.7 Å². The molecule has 3 heterocycles. The molecule has 0 bridgehead atoms. The second-order valence-corrected chi connectivity index (χ2v) is 4.98. The van der Waals surface area contributed by atoms with Crippen molar-refractivity contribution in [1.82, 2.24) is 14.8 Å². The van der Waals surface area contributed by atoms with Gasteiger partial charge < -0.3 is 5.32 Å². The van der Waals surface area contributed by atoms with E-state index in [1.165, 1.54) is 0 Å². The average Bonchev–Trinajstić information content (AvgIpc) is 2.56. The summed E-state index contributed by atoms with van der Waals surface area (Å²) in [5, 5.41) is 8.03. The lowest BCUT2D eigenvalue weighted by atomic mass is 10.1. The number of pyridine rings is 1. The number of nitrogens with one attached hydrogen (secondary N) is 1. The first-order chi connectivity index (χ1) is 7.69. The Balaban J connectivity index is 2.30. The summed E-state index contributed by atoms with van der Waals surface area (Å²) in [6, 6.07) is 2.55. The van der Waals surface area contributed by atoms with Crippen LogP contribution in [0.2, 0.25) is 0 Å². The van der Waals surface area contributed by atoms with Gasteiger partial charge in [-0.3, -0.25) is 4.68 Å². The van der Waals surface area contributed by atoms with E-state index in [2.05, 4.69) is 44.3 Å². The van der Waals surface area contributed by atoms with Crippen molar-refractivity contribution in [2.24, 2.45) is 0 Å². The summed E-state index contributed by atoms with van der Waals surface area (Å²) in [4.78, 5) is 4.52. The van der Waals surface area contributed by atoms with Gasteiger partial charge in [0.1, 0.15) is 11.0 Å². The summed E-state index contributed by atoms with van der Waals surface area (Å²) in [5.41, 5.74) is 4.24. The van der Waals surface area contributed by atoms with Gasteiger partial charge in [-0.2, -0.15) is 5.10 Å². The molecule has 4 nitrogen and oxygen atoms in total. The van der Waals surface area contributed by atoms with Crippen LogP contribution in [0.5, 0.6) is 0 Å². The van der Waals surface area contributed by atoms with Gasteiger partial charge in [0, 0.05) is 11.7 Å². The second-order valence-electron chi connectivity index (χ2n) is 4.23. The van der Waals surface area contributed by atoms with Crippen LogP contribution in [0, 0.1) is 6.92 Å². The Morgan fingerprint density at radius 3 is 3.19 bits per heavy atom. The van der Waals surface area contributed by atoms with E-state index in [-0.39, 0.29) is 0 Å². The number of halogens is 1. The van der Waals surface area contributed by atoms with Crippen molar-refractivity contribution >= 4 is 32.7 Å². The summed E-state index contributed by atoms with van der Waals surface area (Å²) in [6.07, 6.45) is 1.10. The fourth-order valence-electron chi connectivity index (χ4n) is 2.22. The van der Waals surface area contributed by atoms with E-state index in [1.807, 2.05) is 11.6 Å². The molecule has 0 aliphatic carbocycles. The minimum atomic E-state index is 0.462. The zero-order chi connectivity index (χ0) is 11.3. The molecule has 0 saturated heterocycles. The highest BCUT2D eigenvalue weighted by molar-refractivity contribution is 9.10. The Morgan fingerprint density at radius 2 is 2.44 bits per heavy atom. The molecule has 1 aliphatic rings. The molecule has 0 fully saturated rings. The molecule has 5 heteroatoms. The van der Waals surface area contributed by atoms with Crippen LogP contribution >= 0.6 is 15.9 Å². The van der Waals surface area contributed by atoms with Crippen LogP contribution in [0.4, 0.5) is 5.69 Å². The lowest BCUT2D eigenvalue weighted by Gasteiger charge is -2.24. The molecule has 1 aliphatic heterocycles. The van der Waals surface area contributed by atoms with Gasteiger partial charge in [-0.05, 0) is 35.3 Å². The highest BCUT2D eigenvalue weighted by Crippen LogP contribution is 2.32. The number of hydrogen-bond acceptors (Lipinski definition) is 3. The van der Waals surface area contributed by atoms with Crippen molar-refractivity contribution in [3.63, 3.8) is 0 Å². The van der Waals surface area contributed by atoms with Gasteiger partial charge >= 0.3 is 0 Å². The molecule has 84 valence electrons. The predicted octanol–water partition coefficient (Wildman–Crippen LogP) is 2.71. The minimum Gasteiger partial charge on any atom is -0.379 e. The number of rotatable bonds is 1. The summed E-state index contributed by atoms with van der Waals surface area (Å²) in [5.74, 6) is 0. The fraction of sp³-hybridized carbons (Fsp3) is 0.455. The zero-order valence-electron chi connectivity index (χ0n) is 9.29. The first-order valence-electron chi connectivity index (χ1n) is 5.49. The third kappa shape index (κ3) is 1.34. The Morgan fingerprint density at radius 1 is 1.62 bits per heavy atom. The van der Waals surface area contributed by atoms with E-state index < -0.39 is 0 Å². The maximum absolute atomic E-state index is 4.52. The SMILES string of the molecule is CC[C@H]1Cn2nc(Br)c3nc(C)cc(c32)N1. The Kier molecular flexibility index (Phi) is 2.17. The third-order valence-electron chi connectivity index (χ3n) is 3.03. The third-order valence-corrected chi connectivity index (χ3v) is 3.56. The van der Waals surface area contributed by atoms with Crippen LogP contribution in [-0.4, -0.2) is 20.8 Å². The minimum absolute atomic E-state index is 0.462. The van der Waals surface area contributed by atoms with Gasteiger partial charge in [0.05, 0.1) is 12.2 Å². The van der Waals surface area contributed by atoms with Gasteiger partial charge in [0.25, 0.3) is 0 Å². The van der Waals surface area contributed by atoms with Crippen molar-refractivity contribution < 1.29 is 0 Å². The Bertz CT molecular complexity index is 561. The van der Waals surface area contributed by atoms with E-state index in [0.29, 0.717) is 6.04 Å². The number of anilines is 1. The van der Waals surface area contributed by atoms with Gasteiger partial charge in [0.15, 0.2) is 4.60 Å². The summed E-state index contributed by atoms with van der Waals surface area (Å²) < 4.78 is 2.89. The van der Waals surface area contributed by atoms with Gasteiger partial charge in [-0.25, -0.2) is 4.98 Å². The summed E-state index contributed by atoms with van der Waals surface area (Å²) in [6.45, 7) is 5.11. The molecule has 0 radical (unpaired) electrons. The maximum atomic E-state index is 4.52. The quantitative estimate of drug-likeness (QED) is 0.874. The topological polar surface area (TPSA) is 42.7 Å². The summed E-state index contributed by atoms with van der Waals surface area (Å²) >= 11 is 3.47. The van der Waals surface area contributed by atoms with Crippen LogP contribution in [0.1, 0.15) is 19.0 Å². The molecule has 0 amide bonds. The van der Waals surface area contributed by atoms with Crippen LogP contribution in [0.25, 0.3) is 11.0 Å². The Hall–Kier alpha value is -1.10. The van der Waals surface area contributed by atoms with Crippen molar-refractivity contribution in [2.45, 2.75) is 32.9 Å². The molecule has 0 unspecified atom stereocenters. The standard InChI is InChI=1S/C11H13BrN4/c1-3-7-5-16-10-8(14-7)4-6(2)13-9(10)11(12)15-16/h4,7,14H,3,5H2,1-2H3/t7-/m0/s1. The first kappa shape index (κ1) is 10.1. The van der Waals surface area contributed by atoms with Crippen molar-refractivity contribution in [3.8, 4) is 0 Å². The number of nitrogens with zero attached hydrogens (tertiary/aromatic N) is 3. The van der Waals surface area contributed by atoms with E-state index in [4.69, 9.17) is 0 Å². The molecule has 1 atom stereocenters. The molecule has 2 aromatic rings. The van der Waals surface area contributed by atoms with Gasteiger partial charge in [-0.1, -0.05) is 6.92 Å². The van der Waals surface area contributed by atoms with E-state index in [1.54, 1.807) is 0 Å².